The van der Waals surface area contributed by atoms with Crippen LogP contribution in [0.15, 0.2) is 24.3 Å². The van der Waals surface area contributed by atoms with E-state index in [1.165, 1.54) is 12.5 Å². The Balaban J connectivity index is 2.43. The minimum absolute atomic E-state index is 0.140. The summed E-state index contributed by atoms with van der Waals surface area (Å²) in [6, 6.07) is 6.95. The van der Waals surface area contributed by atoms with Crippen molar-refractivity contribution in [2.75, 3.05) is 26.8 Å². The minimum atomic E-state index is -0.140. The second-order valence-corrected chi connectivity index (χ2v) is 5.00. The molecule has 0 aliphatic heterocycles. The van der Waals surface area contributed by atoms with E-state index in [0.717, 1.165) is 44.5 Å². The van der Waals surface area contributed by atoms with Crippen molar-refractivity contribution in [3.63, 3.8) is 0 Å². The molecule has 108 valence electrons. The Morgan fingerprint density at radius 2 is 2.16 bits per heavy atom. The fraction of sp³-hybridized carbons (Fsp3) is 0.625. The molecule has 0 saturated heterocycles. The zero-order valence-corrected chi connectivity index (χ0v) is 12.1. The van der Waals surface area contributed by atoms with Gasteiger partial charge in [0.05, 0.1) is 0 Å². The van der Waals surface area contributed by atoms with Gasteiger partial charge in [0, 0.05) is 13.7 Å². The van der Waals surface area contributed by atoms with Crippen LogP contribution in [0.25, 0.3) is 0 Å². The molecule has 1 N–H and O–H groups in total. The molecule has 0 aliphatic rings. The van der Waals surface area contributed by atoms with Gasteiger partial charge in [-0.25, -0.2) is 4.39 Å². The predicted molar refractivity (Wildman–Crippen MR) is 77.9 cm³/mol. The van der Waals surface area contributed by atoms with Gasteiger partial charge in [-0.2, -0.15) is 0 Å². The first kappa shape index (κ1) is 16.1. The van der Waals surface area contributed by atoms with E-state index in [0.29, 0.717) is 5.92 Å². The van der Waals surface area contributed by atoms with Crippen LogP contribution in [0, 0.1) is 11.7 Å². The van der Waals surface area contributed by atoms with Crippen molar-refractivity contribution in [1.29, 1.82) is 0 Å². The molecule has 2 nitrogen and oxygen atoms in total. The van der Waals surface area contributed by atoms with Gasteiger partial charge in [-0.05, 0) is 56.0 Å². The molecule has 0 radical (unpaired) electrons. The highest BCUT2D eigenvalue weighted by Crippen LogP contribution is 2.16. The number of halogens is 1. The summed E-state index contributed by atoms with van der Waals surface area (Å²) in [4.78, 5) is 0. The van der Waals surface area contributed by atoms with Crippen LogP contribution in [0.4, 0.5) is 4.39 Å². The topological polar surface area (TPSA) is 21.3 Å². The fourth-order valence-corrected chi connectivity index (χ4v) is 2.30. The number of hydrogen-bond acceptors (Lipinski definition) is 2. The van der Waals surface area contributed by atoms with Crippen molar-refractivity contribution >= 4 is 0 Å². The normalized spacial score (nSPS) is 12.6. The van der Waals surface area contributed by atoms with Crippen molar-refractivity contribution in [2.24, 2.45) is 5.92 Å². The molecule has 0 bridgehead atoms. The highest BCUT2D eigenvalue weighted by atomic mass is 19.1. The predicted octanol–water partition coefficient (Wildman–Crippen LogP) is 3.41. The lowest BCUT2D eigenvalue weighted by atomic mass is 9.94. The van der Waals surface area contributed by atoms with Crippen LogP contribution in [-0.4, -0.2) is 26.8 Å². The van der Waals surface area contributed by atoms with Crippen LogP contribution in [0.3, 0.4) is 0 Å². The maximum Gasteiger partial charge on any atom is 0.123 e. The molecule has 0 amide bonds. The number of unbranched alkanes of at least 4 members (excludes halogenated alkanes) is 1. The minimum Gasteiger partial charge on any atom is -0.385 e. The Bertz CT molecular complexity index is 343. The standard InChI is InChI=1S/C16H26FNO/c1-3-18-13-15(7-4-5-10-19-2)11-14-8-6-9-16(17)12-14/h6,8-9,12,15,18H,3-5,7,10-11,13H2,1-2H3. The van der Waals surface area contributed by atoms with E-state index in [1.54, 1.807) is 19.2 Å². The average Bonchev–Trinajstić information content (AvgIpc) is 2.40. The molecular formula is C16H26FNO. The first-order valence-corrected chi connectivity index (χ1v) is 7.20. The van der Waals surface area contributed by atoms with Gasteiger partial charge in [-0.3, -0.25) is 0 Å². The lowest BCUT2D eigenvalue weighted by Crippen LogP contribution is -2.24. The lowest BCUT2D eigenvalue weighted by molar-refractivity contribution is 0.190. The molecule has 0 aromatic heterocycles. The summed E-state index contributed by atoms with van der Waals surface area (Å²) in [6.07, 6.45) is 4.37. The van der Waals surface area contributed by atoms with E-state index >= 15 is 0 Å². The molecular weight excluding hydrogens is 241 g/mol. The quantitative estimate of drug-likeness (QED) is 0.656. The Hall–Kier alpha value is -0.930. The first-order chi connectivity index (χ1) is 9.26. The van der Waals surface area contributed by atoms with Crippen LogP contribution in [-0.2, 0) is 11.2 Å². The summed E-state index contributed by atoms with van der Waals surface area (Å²) in [5, 5.41) is 3.40. The van der Waals surface area contributed by atoms with Crippen LogP contribution >= 0.6 is 0 Å². The molecule has 1 aromatic rings. The molecule has 19 heavy (non-hydrogen) atoms. The third kappa shape index (κ3) is 7.28. The zero-order chi connectivity index (χ0) is 13.9. The molecule has 3 heteroatoms. The monoisotopic (exact) mass is 267 g/mol. The van der Waals surface area contributed by atoms with Gasteiger partial charge in [0.25, 0.3) is 0 Å². The van der Waals surface area contributed by atoms with E-state index in [9.17, 15) is 4.39 Å². The summed E-state index contributed by atoms with van der Waals surface area (Å²) in [7, 11) is 1.74. The number of rotatable bonds is 10. The van der Waals surface area contributed by atoms with E-state index < -0.39 is 0 Å². The highest BCUT2D eigenvalue weighted by Gasteiger charge is 2.09. The van der Waals surface area contributed by atoms with Crippen LogP contribution in [0.2, 0.25) is 0 Å². The van der Waals surface area contributed by atoms with Crippen LogP contribution in [0.1, 0.15) is 31.7 Å². The SMILES string of the molecule is CCNCC(CCCCOC)Cc1cccc(F)c1. The molecule has 1 atom stereocenters. The van der Waals surface area contributed by atoms with E-state index in [-0.39, 0.29) is 5.82 Å². The number of hydrogen-bond donors (Lipinski definition) is 1. The molecule has 0 heterocycles. The summed E-state index contributed by atoms with van der Waals surface area (Å²) in [5.41, 5.74) is 1.09. The van der Waals surface area contributed by atoms with Crippen molar-refractivity contribution < 1.29 is 9.13 Å². The summed E-state index contributed by atoms with van der Waals surface area (Å²) in [6.45, 7) is 4.93. The smallest absolute Gasteiger partial charge is 0.123 e. The molecule has 1 unspecified atom stereocenters. The Morgan fingerprint density at radius 3 is 2.84 bits per heavy atom. The number of nitrogens with one attached hydrogen (secondary N) is 1. The van der Waals surface area contributed by atoms with Gasteiger partial charge in [0.1, 0.15) is 5.82 Å². The van der Waals surface area contributed by atoms with Crippen LogP contribution < -0.4 is 5.32 Å². The van der Waals surface area contributed by atoms with Gasteiger partial charge < -0.3 is 10.1 Å². The van der Waals surface area contributed by atoms with Crippen molar-refractivity contribution in [1.82, 2.24) is 5.32 Å². The Kier molecular flexibility index (Phi) is 8.43. The summed E-state index contributed by atoms with van der Waals surface area (Å²) < 4.78 is 18.3. The first-order valence-electron chi connectivity index (χ1n) is 7.20. The second kappa shape index (κ2) is 9.93. The zero-order valence-electron chi connectivity index (χ0n) is 12.1. The highest BCUT2D eigenvalue weighted by molar-refractivity contribution is 5.16. The summed E-state index contributed by atoms with van der Waals surface area (Å²) >= 11 is 0. The van der Waals surface area contributed by atoms with Crippen LogP contribution in [0.5, 0.6) is 0 Å². The number of benzene rings is 1. The molecule has 0 spiro atoms. The van der Waals surface area contributed by atoms with Gasteiger partial charge in [0.2, 0.25) is 0 Å². The average molecular weight is 267 g/mol. The molecule has 0 aliphatic carbocycles. The maximum atomic E-state index is 13.2. The van der Waals surface area contributed by atoms with Crippen molar-refractivity contribution in [2.45, 2.75) is 32.6 Å². The van der Waals surface area contributed by atoms with E-state index in [1.807, 2.05) is 6.07 Å². The van der Waals surface area contributed by atoms with Crippen molar-refractivity contribution in [3.8, 4) is 0 Å². The Labute approximate surface area is 116 Å². The second-order valence-electron chi connectivity index (χ2n) is 5.00. The molecule has 0 fully saturated rings. The molecule has 0 saturated carbocycles. The largest absolute Gasteiger partial charge is 0.385 e. The van der Waals surface area contributed by atoms with E-state index in [4.69, 9.17) is 4.74 Å². The maximum absolute atomic E-state index is 13.2. The van der Waals surface area contributed by atoms with Gasteiger partial charge in [-0.15, -0.1) is 0 Å². The molecule has 1 rings (SSSR count). The van der Waals surface area contributed by atoms with Gasteiger partial charge in [-0.1, -0.05) is 25.5 Å². The van der Waals surface area contributed by atoms with Gasteiger partial charge >= 0.3 is 0 Å². The Morgan fingerprint density at radius 1 is 1.32 bits per heavy atom. The van der Waals surface area contributed by atoms with Gasteiger partial charge in [0.15, 0.2) is 0 Å². The lowest BCUT2D eigenvalue weighted by Gasteiger charge is -2.17. The third-order valence-electron chi connectivity index (χ3n) is 3.31. The summed E-state index contributed by atoms with van der Waals surface area (Å²) in [5.74, 6) is 0.428. The number of ether oxygens (including phenoxy) is 1. The van der Waals surface area contributed by atoms with E-state index in [2.05, 4.69) is 12.2 Å². The number of methoxy groups -OCH3 is 1. The van der Waals surface area contributed by atoms with Crippen molar-refractivity contribution in [3.05, 3.63) is 35.6 Å². The third-order valence-corrected chi connectivity index (χ3v) is 3.31. The molecule has 1 aromatic carbocycles. The fourth-order valence-electron chi connectivity index (χ4n) is 2.30.